The van der Waals surface area contributed by atoms with Gasteiger partial charge in [-0.1, -0.05) is 18.2 Å². The van der Waals surface area contributed by atoms with Gasteiger partial charge in [-0.05, 0) is 6.08 Å². The van der Waals surface area contributed by atoms with Gasteiger partial charge < -0.3 is 16.2 Å². The number of hydrogen-bond donors (Lipinski definition) is 3. The summed E-state index contributed by atoms with van der Waals surface area (Å²) in [6.45, 7) is 1.35. The number of rotatable bonds is 1. The summed E-state index contributed by atoms with van der Waals surface area (Å²) in [5, 5.41) is 11.9. The highest BCUT2D eigenvalue weighted by molar-refractivity contribution is 5.74. The van der Waals surface area contributed by atoms with Crippen molar-refractivity contribution in [3.63, 3.8) is 0 Å². The summed E-state index contributed by atoms with van der Waals surface area (Å²) in [5.41, 5.74) is 4.53. The van der Waals surface area contributed by atoms with E-state index in [1.807, 2.05) is 0 Å². The second-order valence-electron chi connectivity index (χ2n) is 2.80. The van der Waals surface area contributed by atoms with E-state index in [-0.39, 0.29) is 5.91 Å². The van der Waals surface area contributed by atoms with Crippen LogP contribution in [0.5, 0.6) is 0 Å². The van der Waals surface area contributed by atoms with E-state index in [0.29, 0.717) is 0 Å². The second-order valence-corrected chi connectivity index (χ2v) is 2.80. The molecule has 0 aromatic rings. The van der Waals surface area contributed by atoms with E-state index in [4.69, 9.17) is 5.73 Å². The zero-order chi connectivity index (χ0) is 9.19. The van der Waals surface area contributed by atoms with Gasteiger partial charge in [-0.3, -0.25) is 4.79 Å². The van der Waals surface area contributed by atoms with Crippen molar-refractivity contribution in [3.05, 3.63) is 24.3 Å². The summed E-state index contributed by atoms with van der Waals surface area (Å²) in [6.07, 6.45) is 5.57. The number of hydrogen-bond acceptors (Lipinski definition) is 3. The van der Waals surface area contributed by atoms with E-state index in [2.05, 4.69) is 5.32 Å². The van der Waals surface area contributed by atoms with Crippen LogP contribution in [0.2, 0.25) is 0 Å². The summed E-state index contributed by atoms with van der Waals surface area (Å²) in [7, 11) is 0. The summed E-state index contributed by atoms with van der Waals surface area (Å²) >= 11 is 0. The smallest absolute Gasteiger partial charge is 0.218 e. The Labute approximate surface area is 70.8 Å². The minimum atomic E-state index is -1.15. The molecule has 1 aliphatic carbocycles. The number of amides is 1. The van der Waals surface area contributed by atoms with Crippen LogP contribution < -0.4 is 11.1 Å². The topological polar surface area (TPSA) is 75.4 Å². The lowest BCUT2D eigenvalue weighted by Gasteiger charge is -2.31. The third-order valence-corrected chi connectivity index (χ3v) is 1.66. The van der Waals surface area contributed by atoms with Crippen LogP contribution >= 0.6 is 0 Å². The predicted octanol–water partition coefficient (Wildman–Crippen LogP) is -0.736. The molecule has 0 spiro atoms. The normalized spacial score (nSPS) is 33.4. The van der Waals surface area contributed by atoms with E-state index in [1.54, 1.807) is 18.2 Å². The summed E-state index contributed by atoms with van der Waals surface area (Å²) in [4.78, 5) is 10.7. The maximum absolute atomic E-state index is 10.7. The molecule has 0 bridgehead atoms. The van der Waals surface area contributed by atoms with Gasteiger partial charge in [-0.25, -0.2) is 0 Å². The van der Waals surface area contributed by atoms with Gasteiger partial charge in [0.05, 0.1) is 0 Å². The van der Waals surface area contributed by atoms with Crippen LogP contribution in [0.3, 0.4) is 0 Å². The van der Waals surface area contributed by atoms with Gasteiger partial charge in [0.1, 0.15) is 11.8 Å². The molecule has 1 rings (SSSR count). The van der Waals surface area contributed by atoms with E-state index in [1.165, 1.54) is 13.0 Å². The van der Waals surface area contributed by atoms with Crippen LogP contribution in [0.25, 0.3) is 0 Å². The van der Waals surface area contributed by atoms with Gasteiger partial charge in [0, 0.05) is 6.92 Å². The monoisotopic (exact) mass is 168 g/mol. The lowest BCUT2D eigenvalue weighted by atomic mass is 9.99. The Morgan fingerprint density at radius 2 is 2.33 bits per heavy atom. The van der Waals surface area contributed by atoms with E-state index >= 15 is 0 Å². The first-order valence-corrected chi connectivity index (χ1v) is 3.66. The standard InChI is InChI=1S/C8H12N2O2/c1-6(11)10-8(9)5-3-2-4-7(8)12/h2-5,7,12H,9H2,1H3,(H,10,11). The number of allylic oxidation sites excluding steroid dienone is 2. The summed E-state index contributed by atoms with van der Waals surface area (Å²) in [6, 6.07) is 0. The fraction of sp³-hybridized carbons (Fsp3) is 0.375. The number of carbonyl (C=O) groups excluding carboxylic acids is 1. The minimum Gasteiger partial charge on any atom is -0.385 e. The highest BCUT2D eigenvalue weighted by Crippen LogP contribution is 2.11. The van der Waals surface area contributed by atoms with Crippen molar-refractivity contribution in [2.75, 3.05) is 0 Å². The van der Waals surface area contributed by atoms with Gasteiger partial charge in [0.2, 0.25) is 5.91 Å². The van der Waals surface area contributed by atoms with Gasteiger partial charge in [-0.15, -0.1) is 0 Å². The minimum absolute atomic E-state index is 0.267. The average Bonchev–Trinajstić information content (AvgIpc) is 1.94. The van der Waals surface area contributed by atoms with Crippen molar-refractivity contribution in [3.8, 4) is 0 Å². The van der Waals surface area contributed by atoms with Gasteiger partial charge >= 0.3 is 0 Å². The molecule has 12 heavy (non-hydrogen) atoms. The van der Waals surface area contributed by atoms with Gasteiger partial charge in [0.15, 0.2) is 0 Å². The Morgan fingerprint density at radius 3 is 2.83 bits per heavy atom. The molecule has 4 nitrogen and oxygen atoms in total. The van der Waals surface area contributed by atoms with Crippen LogP contribution in [0.15, 0.2) is 24.3 Å². The molecule has 1 aliphatic rings. The van der Waals surface area contributed by atoms with Crippen molar-refractivity contribution in [1.29, 1.82) is 0 Å². The molecule has 0 saturated heterocycles. The Morgan fingerprint density at radius 1 is 1.67 bits per heavy atom. The first-order valence-electron chi connectivity index (χ1n) is 3.66. The third kappa shape index (κ3) is 1.72. The Hall–Kier alpha value is -1.13. The lowest BCUT2D eigenvalue weighted by molar-refractivity contribution is -0.121. The second kappa shape index (κ2) is 3.08. The molecule has 66 valence electrons. The molecule has 0 aromatic carbocycles. The molecule has 4 N–H and O–H groups in total. The van der Waals surface area contributed by atoms with Crippen LogP contribution in [-0.4, -0.2) is 22.8 Å². The molecule has 0 aliphatic heterocycles. The average molecular weight is 168 g/mol. The molecule has 0 radical (unpaired) electrons. The highest BCUT2D eigenvalue weighted by Gasteiger charge is 2.31. The lowest BCUT2D eigenvalue weighted by Crippen LogP contribution is -2.61. The Balaban J connectivity index is 2.76. The SMILES string of the molecule is CC(=O)NC1(N)C=CC=CC1O. The van der Waals surface area contributed by atoms with Gasteiger partial charge in [-0.2, -0.15) is 0 Å². The number of aliphatic hydroxyl groups is 1. The fourth-order valence-electron chi connectivity index (χ4n) is 1.06. The van der Waals surface area contributed by atoms with E-state index < -0.39 is 11.8 Å². The van der Waals surface area contributed by atoms with E-state index in [9.17, 15) is 9.90 Å². The number of aliphatic hydroxyl groups excluding tert-OH is 1. The quantitative estimate of drug-likeness (QED) is 0.451. The van der Waals surface area contributed by atoms with Crippen LogP contribution in [0, 0.1) is 0 Å². The molecule has 0 aromatic heterocycles. The molecule has 1 amide bonds. The Kier molecular flexibility index (Phi) is 2.30. The molecule has 4 heteroatoms. The van der Waals surface area contributed by atoms with Crippen molar-refractivity contribution >= 4 is 5.91 Å². The zero-order valence-electron chi connectivity index (χ0n) is 6.82. The molecule has 2 atom stereocenters. The number of nitrogens with two attached hydrogens (primary N) is 1. The van der Waals surface area contributed by atoms with E-state index in [0.717, 1.165) is 0 Å². The zero-order valence-corrected chi connectivity index (χ0v) is 6.82. The van der Waals surface area contributed by atoms with Crippen LogP contribution in [0.1, 0.15) is 6.92 Å². The van der Waals surface area contributed by atoms with Crippen molar-refractivity contribution in [1.82, 2.24) is 5.32 Å². The van der Waals surface area contributed by atoms with Crippen LogP contribution in [-0.2, 0) is 4.79 Å². The fourth-order valence-corrected chi connectivity index (χ4v) is 1.06. The largest absolute Gasteiger partial charge is 0.385 e. The highest BCUT2D eigenvalue weighted by atomic mass is 16.3. The summed E-state index contributed by atoms with van der Waals surface area (Å²) < 4.78 is 0. The molecule has 0 heterocycles. The van der Waals surface area contributed by atoms with Crippen molar-refractivity contribution in [2.24, 2.45) is 5.73 Å². The van der Waals surface area contributed by atoms with Crippen LogP contribution in [0.4, 0.5) is 0 Å². The predicted molar refractivity (Wildman–Crippen MR) is 45.0 cm³/mol. The number of nitrogens with one attached hydrogen (secondary N) is 1. The van der Waals surface area contributed by atoms with Crippen molar-refractivity contribution < 1.29 is 9.90 Å². The van der Waals surface area contributed by atoms with Gasteiger partial charge in [0.25, 0.3) is 0 Å². The molecular weight excluding hydrogens is 156 g/mol. The Bertz CT molecular complexity index is 247. The first-order chi connectivity index (χ1) is 5.54. The third-order valence-electron chi connectivity index (χ3n) is 1.66. The molecule has 2 unspecified atom stereocenters. The molecule has 0 fully saturated rings. The maximum Gasteiger partial charge on any atom is 0.218 e. The molecular formula is C8H12N2O2. The maximum atomic E-state index is 10.7. The summed E-state index contributed by atoms with van der Waals surface area (Å²) in [5.74, 6) is -0.267. The molecule has 0 saturated carbocycles. The number of carbonyl (C=O) groups is 1. The van der Waals surface area contributed by atoms with Crippen molar-refractivity contribution in [2.45, 2.75) is 18.7 Å². The first kappa shape index (κ1) is 8.96.